The molecule has 1 aliphatic heterocycles. The van der Waals surface area contributed by atoms with Gasteiger partial charge in [-0.3, -0.25) is 9.36 Å². The van der Waals surface area contributed by atoms with E-state index < -0.39 is 0 Å². The first-order valence-electron chi connectivity index (χ1n) is 6.95. The number of likely N-dealkylation sites (N-methyl/N-ethyl adjacent to an activating group) is 1. The highest BCUT2D eigenvalue weighted by Gasteiger charge is 2.23. The summed E-state index contributed by atoms with van der Waals surface area (Å²) in [6.07, 6.45) is 0.782. The normalized spacial score (nSPS) is 13.6. The van der Waals surface area contributed by atoms with E-state index in [-0.39, 0.29) is 5.56 Å². The fraction of sp³-hybridized carbons (Fsp3) is 0.312. The summed E-state index contributed by atoms with van der Waals surface area (Å²) in [6.45, 7) is 2.22. The number of rotatable bonds is 3. The molecule has 4 nitrogen and oxygen atoms in total. The van der Waals surface area contributed by atoms with Gasteiger partial charge in [0.1, 0.15) is 5.82 Å². The van der Waals surface area contributed by atoms with Crippen LogP contribution in [0, 0.1) is 0 Å². The highest BCUT2D eigenvalue weighted by molar-refractivity contribution is 5.73. The average molecular weight is 269 g/mol. The minimum Gasteiger partial charge on any atom is -0.359 e. The van der Waals surface area contributed by atoms with E-state index in [0.29, 0.717) is 6.54 Å². The molecule has 4 heteroatoms. The molecular formula is C16H19N3O. The van der Waals surface area contributed by atoms with Gasteiger partial charge in [0.05, 0.1) is 0 Å². The number of benzene rings is 1. The van der Waals surface area contributed by atoms with Crippen molar-refractivity contribution in [3.05, 3.63) is 52.3 Å². The molecule has 0 atom stereocenters. The molecule has 0 saturated heterocycles. The van der Waals surface area contributed by atoms with Crippen LogP contribution in [-0.4, -0.2) is 24.7 Å². The number of fused-ring (bicyclic) bond motifs is 1. The summed E-state index contributed by atoms with van der Waals surface area (Å²) < 4.78 is 1.86. The predicted molar refractivity (Wildman–Crippen MR) is 82.2 cm³/mol. The van der Waals surface area contributed by atoms with Crippen molar-refractivity contribution in [2.45, 2.75) is 13.0 Å². The number of nitrogens with two attached hydrogens (primary N) is 1. The van der Waals surface area contributed by atoms with Crippen molar-refractivity contribution in [3.8, 4) is 11.1 Å². The highest BCUT2D eigenvalue weighted by Crippen LogP contribution is 2.32. The molecule has 1 aromatic carbocycles. The van der Waals surface area contributed by atoms with Crippen LogP contribution >= 0.6 is 0 Å². The number of anilines is 1. The maximum absolute atomic E-state index is 12.3. The van der Waals surface area contributed by atoms with Gasteiger partial charge in [-0.05, 0) is 24.1 Å². The highest BCUT2D eigenvalue weighted by atomic mass is 16.1. The van der Waals surface area contributed by atoms with E-state index in [0.717, 1.165) is 36.5 Å². The zero-order chi connectivity index (χ0) is 14.1. The smallest absolute Gasteiger partial charge is 0.252 e. The Morgan fingerprint density at radius 2 is 1.95 bits per heavy atom. The molecule has 0 saturated carbocycles. The number of aromatic nitrogens is 1. The van der Waals surface area contributed by atoms with Crippen LogP contribution in [0.4, 0.5) is 5.82 Å². The fourth-order valence-electron chi connectivity index (χ4n) is 2.95. The monoisotopic (exact) mass is 269 g/mol. The molecule has 1 aliphatic rings. The van der Waals surface area contributed by atoms with Crippen molar-refractivity contribution in [3.63, 3.8) is 0 Å². The summed E-state index contributed by atoms with van der Waals surface area (Å²) in [5, 5.41) is 0. The molecule has 0 radical (unpaired) electrons. The molecule has 0 aliphatic carbocycles. The molecule has 0 fully saturated rings. The summed E-state index contributed by atoms with van der Waals surface area (Å²) in [5.74, 6) is 1.03. The third-order valence-electron chi connectivity index (χ3n) is 3.88. The second-order valence-electron chi connectivity index (χ2n) is 5.18. The molecule has 2 heterocycles. The lowest BCUT2D eigenvalue weighted by Gasteiger charge is -2.19. The largest absolute Gasteiger partial charge is 0.359 e. The van der Waals surface area contributed by atoms with Crippen LogP contribution < -0.4 is 16.2 Å². The molecule has 3 rings (SSSR count). The maximum Gasteiger partial charge on any atom is 0.252 e. The van der Waals surface area contributed by atoms with Crippen LogP contribution in [0.15, 0.2) is 41.2 Å². The van der Waals surface area contributed by atoms with Crippen molar-refractivity contribution in [2.24, 2.45) is 5.73 Å². The van der Waals surface area contributed by atoms with Crippen LogP contribution in [0.1, 0.15) is 5.56 Å². The van der Waals surface area contributed by atoms with Crippen molar-refractivity contribution in [1.29, 1.82) is 0 Å². The summed E-state index contributed by atoms with van der Waals surface area (Å²) in [6, 6.07) is 11.8. The summed E-state index contributed by atoms with van der Waals surface area (Å²) in [4.78, 5) is 14.5. The zero-order valence-corrected chi connectivity index (χ0v) is 11.7. The topological polar surface area (TPSA) is 51.3 Å². The molecule has 0 unspecified atom stereocenters. The average Bonchev–Trinajstić information content (AvgIpc) is 2.86. The molecule has 0 bridgehead atoms. The third-order valence-corrected chi connectivity index (χ3v) is 3.88. The standard InChI is InChI=1S/C16H19N3O/c1-18-9-10-19-15(20)11-14(12-5-3-2-4-6-12)13(7-8-17)16(18)19/h2-6,11H,7-10,17H2,1H3. The lowest BCUT2D eigenvalue weighted by atomic mass is 9.98. The van der Waals surface area contributed by atoms with Gasteiger partial charge in [0.25, 0.3) is 5.56 Å². The van der Waals surface area contributed by atoms with E-state index in [2.05, 4.69) is 4.90 Å². The van der Waals surface area contributed by atoms with E-state index in [1.807, 2.05) is 41.9 Å². The number of pyridine rings is 1. The minimum atomic E-state index is 0.0731. The number of nitrogens with zero attached hydrogens (tertiary/aromatic N) is 2. The van der Waals surface area contributed by atoms with Gasteiger partial charge in [-0.1, -0.05) is 30.3 Å². The van der Waals surface area contributed by atoms with Crippen molar-refractivity contribution >= 4 is 5.82 Å². The molecule has 0 spiro atoms. The predicted octanol–water partition coefficient (Wildman–Crippen LogP) is 1.47. The fourth-order valence-corrected chi connectivity index (χ4v) is 2.95. The molecule has 1 aromatic heterocycles. The molecule has 0 amide bonds. The Bertz CT molecular complexity index is 676. The van der Waals surface area contributed by atoms with E-state index >= 15 is 0 Å². The Morgan fingerprint density at radius 1 is 1.20 bits per heavy atom. The molecule has 104 valence electrons. The van der Waals surface area contributed by atoms with Crippen LogP contribution in [0.25, 0.3) is 11.1 Å². The van der Waals surface area contributed by atoms with Gasteiger partial charge >= 0.3 is 0 Å². The summed E-state index contributed by atoms with van der Waals surface area (Å²) >= 11 is 0. The first-order valence-corrected chi connectivity index (χ1v) is 6.95. The van der Waals surface area contributed by atoms with Gasteiger partial charge in [-0.15, -0.1) is 0 Å². The van der Waals surface area contributed by atoms with Gasteiger partial charge in [0.15, 0.2) is 0 Å². The SMILES string of the molecule is CN1CCn2c1c(CCN)c(-c1ccccc1)cc2=O. The van der Waals surface area contributed by atoms with Crippen LogP contribution in [-0.2, 0) is 13.0 Å². The zero-order valence-electron chi connectivity index (χ0n) is 11.7. The van der Waals surface area contributed by atoms with Gasteiger partial charge < -0.3 is 10.6 Å². The van der Waals surface area contributed by atoms with Gasteiger partial charge in [-0.2, -0.15) is 0 Å². The second-order valence-corrected chi connectivity index (χ2v) is 5.18. The van der Waals surface area contributed by atoms with Crippen molar-refractivity contribution in [1.82, 2.24) is 4.57 Å². The van der Waals surface area contributed by atoms with E-state index in [1.165, 1.54) is 5.56 Å². The van der Waals surface area contributed by atoms with Crippen molar-refractivity contribution in [2.75, 3.05) is 25.0 Å². The second kappa shape index (κ2) is 5.13. The lowest BCUT2D eigenvalue weighted by Crippen LogP contribution is -2.22. The lowest BCUT2D eigenvalue weighted by molar-refractivity contribution is 0.760. The number of hydrogen-bond acceptors (Lipinski definition) is 3. The maximum atomic E-state index is 12.3. The van der Waals surface area contributed by atoms with Crippen LogP contribution in [0.2, 0.25) is 0 Å². The van der Waals surface area contributed by atoms with Crippen LogP contribution in [0.3, 0.4) is 0 Å². The van der Waals surface area contributed by atoms with E-state index in [9.17, 15) is 4.79 Å². The van der Waals surface area contributed by atoms with Gasteiger partial charge in [0.2, 0.25) is 0 Å². The molecule has 20 heavy (non-hydrogen) atoms. The first-order chi connectivity index (χ1) is 9.72. The summed E-state index contributed by atoms with van der Waals surface area (Å²) in [5.41, 5.74) is 9.13. The molecule has 2 N–H and O–H groups in total. The Morgan fingerprint density at radius 3 is 2.65 bits per heavy atom. The van der Waals surface area contributed by atoms with E-state index in [4.69, 9.17) is 5.73 Å². The first kappa shape index (κ1) is 12.9. The van der Waals surface area contributed by atoms with Crippen LogP contribution in [0.5, 0.6) is 0 Å². The van der Waals surface area contributed by atoms with E-state index in [1.54, 1.807) is 6.07 Å². The Balaban J connectivity index is 2.27. The third kappa shape index (κ3) is 2.02. The molecule has 2 aromatic rings. The quantitative estimate of drug-likeness (QED) is 0.918. The van der Waals surface area contributed by atoms with Gasteiger partial charge in [0, 0.05) is 31.8 Å². The number of hydrogen-bond donors (Lipinski definition) is 1. The minimum absolute atomic E-state index is 0.0731. The summed E-state index contributed by atoms with van der Waals surface area (Å²) in [7, 11) is 2.03. The Kier molecular flexibility index (Phi) is 3.32. The molecular weight excluding hydrogens is 250 g/mol. The van der Waals surface area contributed by atoms with Crippen molar-refractivity contribution < 1.29 is 0 Å². The Hall–Kier alpha value is -2.07. The van der Waals surface area contributed by atoms with Gasteiger partial charge in [-0.25, -0.2) is 0 Å². The Labute approximate surface area is 118 Å².